The van der Waals surface area contributed by atoms with Crippen molar-refractivity contribution in [2.45, 2.75) is 58.1 Å². The molecule has 0 aliphatic heterocycles. The van der Waals surface area contributed by atoms with Crippen molar-refractivity contribution in [3.05, 3.63) is 35.4 Å². The van der Waals surface area contributed by atoms with E-state index in [9.17, 15) is 5.11 Å². The van der Waals surface area contributed by atoms with E-state index in [1.807, 2.05) is 0 Å². The lowest BCUT2D eigenvalue weighted by Crippen LogP contribution is -2.30. The molecule has 1 aliphatic rings. The number of aliphatic hydroxyl groups excluding tert-OH is 1. The molecule has 2 rings (SSSR count). The van der Waals surface area contributed by atoms with E-state index >= 15 is 0 Å². The summed E-state index contributed by atoms with van der Waals surface area (Å²) in [5, 5.41) is 13.2. The Morgan fingerprint density at radius 1 is 1.16 bits per heavy atom. The predicted octanol–water partition coefficient (Wildman–Crippen LogP) is 3.59. The van der Waals surface area contributed by atoms with Crippen molar-refractivity contribution < 1.29 is 5.11 Å². The average molecular weight is 261 g/mol. The van der Waals surface area contributed by atoms with Gasteiger partial charge in [0.05, 0.1) is 6.10 Å². The SMILES string of the molecule is CCC(NCC1CCC(O)CC1)c1ccc(C)cc1. The van der Waals surface area contributed by atoms with Gasteiger partial charge in [0.25, 0.3) is 0 Å². The number of aliphatic hydroxyl groups is 1. The highest BCUT2D eigenvalue weighted by Crippen LogP contribution is 2.25. The molecule has 1 atom stereocenters. The molecule has 0 amide bonds. The topological polar surface area (TPSA) is 32.3 Å². The van der Waals surface area contributed by atoms with Crippen molar-refractivity contribution in [3.8, 4) is 0 Å². The Bertz CT molecular complexity index is 365. The van der Waals surface area contributed by atoms with Gasteiger partial charge in [-0.1, -0.05) is 36.8 Å². The molecule has 1 saturated carbocycles. The van der Waals surface area contributed by atoms with Gasteiger partial charge in [0, 0.05) is 6.04 Å². The Kier molecular flexibility index (Phi) is 5.41. The van der Waals surface area contributed by atoms with Crippen LogP contribution in [-0.2, 0) is 0 Å². The molecular weight excluding hydrogens is 234 g/mol. The Morgan fingerprint density at radius 3 is 2.37 bits per heavy atom. The number of rotatable bonds is 5. The first-order chi connectivity index (χ1) is 9.19. The monoisotopic (exact) mass is 261 g/mol. The van der Waals surface area contributed by atoms with Gasteiger partial charge in [-0.2, -0.15) is 0 Å². The molecule has 19 heavy (non-hydrogen) atoms. The van der Waals surface area contributed by atoms with Crippen LogP contribution < -0.4 is 5.32 Å². The summed E-state index contributed by atoms with van der Waals surface area (Å²) >= 11 is 0. The van der Waals surface area contributed by atoms with Crippen molar-refractivity contribution in [3.63, 3.8) is 0 Å². The molecule has 1 aromatic rings. The zero-order valence-electron chi connectivity index (χ0n) is 12.2. The molecule has 0 saturated heterocycles. The second kappa shape index (κ2) is 7.06. The lowest BCUT2D eigenvalue weighted by Gasteiger charge is -2.27. The van der Waals surface area contributed by atoms with E-state index < -0.39 is 0 Å². The first-order valence-corrected chi connectivity index (χ1v) is 7.67. The standard InChI is InChI=1S/C17H27NO/c1-3-17(15-8-4-13(2)5-9-15)18-12-14-6-10-16(19)11-7-14/h4-5,8-9,14,16-19H,3,6-7,10-12H2,1-2H3. The Hall–Kier alpha value is -0.860. The maximum absolute atomic E-state index is 9.53. The molecular formula is C17H27NO. The van der Waals surface area contributed by atoms with Gasteiger partial charge in [0.15, 0.2) is 0 Å². The van der Waals surface area contributed by atoms with Gasteiger partial charge in [-0.3, -0.25) is 0 Å². The minimum atomic E-state index is -0.0460. The molecule has 0 spiro atoms. The molecule has 1 fully saturated rings. The van der Waals surface area contributed by atoms with Gasteiger partial charge in [-0.25, -0.2) is 0 Å². The zero-order chi connectivity index (χ0) is 13.7. The van der Waals surface area contributed by atoms with E-state index in [1.165, 1.54) is 24.0 Å². The fourth-order valence-corrected chi connectivity index (χ4v) is 2.95. The minimum Gasteiger partial charge on any atom is -0.393 e. The van der Waals surface area contributed by atoms with Crippen LogP contribution in [0.25, 0.3) is 0 Å². The van der Waals surface area contributed by atoms with E-state index in [4.69, 9.17) is 0 Å². The minimum absolute atomic E-state index is 0.0460. The predicted molar refractivity (Wildman–Crippen MR) is 80.2 cm³/mol. The van der Waals surface area contributed by atoms with Crippen LogP contribution in [0.4, 0.5) is 0 Å². The average Bonchev–Trinajstić information content (AvgIpc) is 2.43. The fraction of sp³-hybridized carbons (Fsp3) is 0.647. The molecule has 0 aromatic heterocycles. The second-order valence-corrected chi connectivity index (χ2v) is 5.95. The van der Waals surface area contributed by atoms with Crippen LogP contribution in [0.15, 0.2) is 24.3 Å². The number of hydrogen-bond acceptors (Lipinski definition) is 2. The summed E-state index contributed by atoms with van der Waals surface area (Å²) in [6, 6.07) is 9.32. The van der Waals surface area contributed by atoms with Crippen LogP contribution in [0.1, 0.15) is 56.2 Å². The Labute approximate surface area is 117 Å². The lowest BCUT2D eigenvalue weighted by molar-refractivity contribution is 0.107. The molecule has 1 aromatic carbocycles. The lowest BCUT2D eigenvalue weighted by atomic mass is 9.87. The van der Waals surface area contributed by atoms with Gasteiger partial charge >= 0.3 is 0 Å². The van der Waals surface area contributed by atoms with Crippen LogP contribution in [0.2, 0.25) is 0 Å². The van der Waals surface area contributed by atoms with Crippen LogP contribution in [0.5, 0.6) is 0 Å². The van der Waals surface area contributed by atoms with Gasteiger partial charge in [0.2, 0.25) is 0 Å². The van der Waals surface area contributed by atoms with Crippen molar-refractivity contribution in [1.82, 2.24) is 5.32 Å². The molecule has 1 unspecified atom stereocenters. The van der Waals surface area contributed by atoms with Crippen LogP contribution >= 0.6 is 0 Å². The fourth-order valence-electron chi connectivity index (χ4n) is 2.95. The number of aryl methyl sites for hydroxylation is 1. The van der Waals surface area contributed by atoms with Gasteiger partial charge < -0.3 is 10.4 Å². The van der Waals surface area contributed by atoms with Crippen LogP contribution in [-0.4, -0.2) is 17.8 Å². The summed E-state index contributed by atoms with van der Waals surface area (Å²) in [5.74, 6) is 0.739. The first-order valence-electron chi connectivity index (χ1n) is 7.67. The maximum atomic E-state index is 9.53. The molecule has 1 aliphatic carbocycles. The van der Waals surface area contributed by atoms with E-state index in [0.717, 1.165) is 31.7 Å². The normalized spacial score (nSPS) is 25.2. The maximum Gasteiger partial charge on any atom is 0.0540 e. The Morgan fingerprint density at radius 2 is 1.79 bits per heavy atom. The van der Waals surface area contributed by atoms with Crippen molar-refractivity contribution in [2.75, 3.05) is 6.54 Å². The second-order valence-electron chi connectivity index (χ2n) is 5.95. The summed E-state index contributed by atoms with van der Waals surface area (Å²) in [6.45, 7) is 5.45. The number of hydrogen-bond donors (Lipinski definition) is 2. The quantitative estimate of drug-likeness (QED) is 0.849. The molecule has 0 radical (unpaired) electrons. The van der Waals surface area contributed by atoms with Crippen molar-refractivity contribution in [2.24, 2.45) is 5.92 Å². The van der Waals surface area contributed by atoms with Gasteiger partial charge in [0.1, 0.15) is 0 Å². The van der Waals surface area contributed by atoms with Crippen LogP contribution in [0.3, 0.4) is 0 Å². The summed E-state index contributed by atoms with van der Waals surface area (Å²) in [7, 11) is 0. The molecule has 106 valence electrons. The van der Waals surface area contributed by atoms with Crippen LogP contribution in [0, 0.1) is 12.8 Å². The third-order valence-electron chi connectivity index (χ3n) is 4.36. The molecule has 2 N–H and O–H groups in total. The van der Waals surface area contributed by atoms with E-state index in [1.54, 1.807) is 0 Å². The van der Waals surface area contributed by atoms with E-state index in [-0.39, 0.29) is 6.10 Å². The highest BCUT2D eigenvalue weighted by molar-refractivity contribution is 5.24. The van der Waals surface area contributed by atoms with Crippen molar-refractivity contribution >= 4 is 0 Å². The van der Waals surface area contributed by atoms with Gasteiger partial charge in [-0.05, 0) is 57.1 Å². The zero-order valence-corrected chi connectivity index (χ0v) is 12.2. The largest absolute Gasteiger partial charge is 0.393 e. The highest BCUT2D eigenvalue weighted by Gasteiger charge is 2.20. The third kappa shape index (κ3) is 4.32. The summed E-state index contributed by atoms with van der Waals surface area (Å²) in [6.07, 6.45) is 5.37. The summed E-state index contributed by atoms with van der Waals surface area (Å²) in [5.41, 5.74) is 2.71. The molecule has 0 bridgehead atoms. The van der Waals surface area contributed by atoms with E-state index in [2.05, 4.69) is 43.4 Å². The molecule has 0 heterocycles. The highest BCUT2D eigenvalue weighted by atomic mass is 16.3. The molecule has 2 heteroatoms. The first kappa shape index (κ1) is 14.5. The van der Waals surface area contributed by atoms with Gasteiger partial charge in [-0.15, -0.1) is 0 Å². The number of benzene rings is 1. The van der Waals surface area contributed by atoms with E-state index in [0.29, 0.717) is 6.04 Å². The summed E-state index contributed by atoms with van der Waals surface area (Å²) in [4.78, 5) is 0. The Balaban J connectivity index is 1.84. The number of nitrogens with one attached hydrogen (secondary N) is 1. The van der Waals surface area contributed by atoms with Crippen molar-refractivity contribution in [1.29, 1.82) is 0 Å². The molecule has 2 nitrogen and oxygen atoms in total. The third-order valence-corrected chi connectivity index (χ3v) is 4.36. The summed E-state index contributed by atoms with van der Waals surface area (Å²) < 4.78 is 0. The smallest absolute Gasteiger partial charge is 0.0540 e.